The van der Waals surface area contributed by atoms with Gasteiger partial charge in [-0.1, -0.05) is 12.1 Å². The molecule has 0 bridgehead atoms. The molecule has 2 N–H and O–H groups in total. The number of nitrogens with one attached hydrogen (secondary N) is 1. The summed E-state index contributed by atoms with van der Waals surface area (Å²) < 4.78 is 5.60. The highest BCUT2D eigenvalue weighted by Crippen LogP contribution is 2.25. The van der Waals surface area contributed by atoms with E-state index in [9.17, 15) is 9.90 Å². The summed E-state index contributed by atoms with van der Waals surface area (Å²) in [6.07, 6.45) is 1.98. The molecule has 0 aliphatic carbocycles. The van der Waals surface area contributed by atoms with Crippen LogP contribution in [-0.2, 0) is 4.74 Å². The van der Waals surface area contributed by atoms with Gasteiger partial charge in [-0.3, -0.25) is 4.79 Å². The third-order valence-corrected chi connectivity index (χ3v) is 3.41. The first-order chi connectivity index (χ1) is 8.52. The lowest BCUT2D eigenvalue weighted by Gasteiger charge is -2.23. The molecule has 1 saturated heterocycles. The summed E-state index contributed by atoms with van der Waals surface area (Å²) in [6, 6.07) is 5.15. The smallest absolute Gasteiger partial charge is 0.255 e. The molecule has 1 aromatic carbocycles. The molecular formula is C14H19NO3. The number of carbonyl (C=O) groups excluding carboxylic acids is 1. The van der Waals surface area contributed by atoms with Crippen LogP contribution >= 0.6 is 0 Å². The molecule has 4 nitrogen and oxygen atoms in total. The van der Waals surface area contributed by atoms with Crippen molar-refractivity contribution in [2.24, 2.45) is 0 Å². The van der Waals surface area contributed by atoms with Crippen molar-refractivity contribution < 1.29 is 14.6 Å². The van der Waals surface area contributed by atoms with Crippen molar-refractivity contribution in [3.05, 3.63) is 29.3 Å². The number of rotatable bonds is 3. The summed E-state index contributed by atoms with van der Waals surface area (Å²) in [4.78, 5) is 12.0. The van der Waals surface area contributed by atoms with Gasteiger partial charge < -0.3 is 15.2 Å². The molecule has 2 rings (SSSR count). The minimum Gasteiger partial charge on any atom is -0.507 e. The molecule has 1 unspecified atom stereocenters. The molecule has 1 fully saturated rings. The van der Waals surface area contributed by atoms with Crippen molar-refractivity contribution in [2.45, 2.75) is 32.3 Å². The topological polar surface area (TPSA) is 58.6 Å². The molecule has 1 atom stereocenters. The summed E-state index contributed by atoms with van der Waals surface area (Å²) in [6.45, 7) is 4.99. The first-order valence-corrected chi connectivity index (χ1v) is 6.23. The molecule has 1 aliphatic rings. The first kappa shape index (κ1) is 12.9. The van der Waals surface area contributed by atoms with Crippen LogP contribution in [-0.4, -0.2) is 29.8 Å². The number of hydrogen-bond donors (Lipinski definition) is 2. The Labute approximate surface area is 107 Å². The van der Waals surface area contributed by atoms with Gasteiger partial charge in [-0.2, -0.15) is 0 Å². The van der Waals surface area contributed by atoms with E-state index in [0.717, 1.165) is 19.4 Å². The number of amides is 1. The van der Waals surface area contributed by atoms with Crippen LogP contribution in [0.3, 0.4) is 0 Å². The van der Waals surface area contributed by atoms with Crippen molar-refractivity contribution in [3.63, 3.8) is 0 Å². The van der Waals surface area contributed by atoms with E-state index in [1.807, 2.05) is 6.92 Å². The molecule has 0 radical (unpaired) electrons. The highest BCUT2D eigenvalue weighted by Gasteiger charge is 2.30. The van der Waals surface area contributed by atoms with Crippen molar-refractivity contribution in [3.8, 4) is 5.75 Å². The van der Waals surface area contributed by atoms with Gasteiger partial charge in [0, 0.05) is 13.2 Å². The van der Waals surface area contributed by atoms with Gasteiger partial charge in [0.15, 0.2) is 0 Å². The maximum atomic E-state index is 12.0. The summed E-state index contributed by atoms with van der Waals surface area (Å²) in [5.74, 6) is -0.208. The minimum absolute atomic E-state index is 0.0486. The monoisotopic (exact) mass is 249 g/mol. The van der Waals surface area contributed by atoms with Gasteiger partial charge in [0.1, 0.15) is 5.75 Å². The van der Waals surface area contributed by atoms with Crippen LogP contribution in [0.1, 0.15) is 35.7 Å². The zero-order valence-electron chi connectivity index (χ0n) is 10.8. The quantitative estimate of drug-likeness (QED) is 0.861. The number of ether oxygens (including phenoxy) is 1. The Morgan fingerprint density at radius 2 is 2.33 bits per heavy atom. The summed E-state index contributed by atoms with van der Waals surface area (Å²) in [5, 5.41) is 12.7. The Kier molecular flexibility index (Phi) is 3.57. The molecule has 0 saturated carbocycles. The van der Waals surface area contributed by atoms with Crippen molar-refractivity contribution in [2.75, 3.05) is 13.2 Å². The van der Waals surface area contributed by atoms with Gasteiger partial charge in [0.05, 0.1) is 11.2 Å². The fraction of sp³-hybridized carbons (Fsp3) is 0.500. The summed E-state index contributed by atoms with van der Waals surface area (Å²) >= 11 is 0. The second-order valence-corrected chi connectivity index (χ2v) is 5.06. The fourth-order valence-electron chi connectivity index (χ4n) is 2.18. The van der Waals surface area contributed by atoms with E-state index < -0.39 is 0 Å². The molecule has 18 heavy (non-hydrogen) atoms. The van der Waals surface area contributed by atoms with E-state index in [1.165, 1.54) is 0 Å². The van der Waals surface area contributed by atoms with Gasteiger partial charge in [-0.05, 0) is 38.3 Å². The Morgan fingerprint density at radius 3 is 3.00 bits per heavy atom. The largest absolute Gasteiger partial charge is 0.507 e. The Bertz CT molecular complexity index is 450. The number of hydrogen-bond acceptors (Lipinski definition) is 3. The Morgan fingerprint density at radius 1 is 1.56 bits per heavy atom. The van der Waals surface area contributed by atoms with Crippen LogP contribution in [0.4, 0.5) is 0 Å². The predicted molar refractivity (Wildman–Crippen MR) is 68.8 cm³/mol. The number of aryl methyl sites for hydroxylation is 1. The number of phenolic OH excluding ortho intramolecular Hbond substituents is 1. The molecule has 0 spiro atoms. The fourth-order valence-corrected chi connectivity index (χ4v) is 2.18. The van der Waals surface area contributed by atoms with E-state index in [4.69, 9.17) is 4.74 Å². The molecule has 1 aliphatic heterocycles. The van der Waals surface area contributed by atoms with Gasteiger partial charge in [-0.25, -0.2) is 0 Å². The lowest BCUT2D eigenvalue weighted by atomic mass is 10.0. The number of carbonyl (C=O) groups is 1. The zero-order chi connectivity index (χ0) is 13.2. The Hall–Kier alpha value is -1.55. The Balaban J connectivity index is 2.01. The maximum Gasteiger partial charge on any atom is 0.255 e. The molecule has 1 heterocycles. The van der Waals surface area contributed by atoms with Crippen LogP contribution in [0.2, 0.25) is 0 Å². The van der Waals surface area contributed by atoms with Crippen LogP contribution in [0.25, 0.3) is 0 Å². The molecule has 1 aromatic rings. The van der Waals surface area contributed by atoms with Crippen LogP contribution in [0.15, 0.2) is 18.2 Å². The summed E-state index contributed by atoms with van der Waals surface area (Å²) in [7, 11) is 0. The third kappa shape index (κ3) is 2.64. The van der Waals surface area contributed by atoms with Gasteiger partial charge in [0.25, 0.3) is 5.91 Å². The second-order valence-electron chi connectivity index (χ2n) is 5.06. The summed E-state index contributed by atoms with van der Waals surface area (Å²) in [5.41, 5.74) is 0.748. The van der Waals surface area contributed by atoms with E-state index in [-0.39, 0.29) is 17.3 Å². The number of phenols is 1. The van der Waals surface area contributed by atoms with Crippen LogP contribution in [0, 0.1) is 6.92 Å². The lowest BCUT2D eigenvalue weighted by Crippen LogP contribution is -2.40. The SMILES string of the molecule is Cc1cccc(C(=O)NCC2(C)CCCO2)c1O. The predicted octanol–water partition coefficient (Wildman–Crippen LogP) is 2.00. The van der Waals surface area contributed by atoms with Gasteiger partial charge in [-0.15, -0.1) is 0 Å². The molecule has 4 heteroatoms. The molecule has 0 aromatic heterocycles. The highest BCUT2D eigenvalue weighted by molar-refractivity contribution is 5.97. The number of aromatic hydroxyl groups is 1. The van der Waals surface area contributed by atoms with Crippen molar-refractivity contribution in [1.29, 1.82) is 0 Å². The highest BCUT2D eigenvalue weighted by atomic mass is 16.5. The number of benzene rings is 1. The van der Waals surface area contributed by atoms with Crippen molar-refractivity contribution >= 4 is 5.91 Å². The normalized spacial score (nSPS) is 23.0. The maximum absolute atomic E-state index is 12.0. The van der Waals surface area contributed by atoms with E-state index in [0.29, 0.717) is 17.7 Å². The standard InChI is InChI=1S/C14H19NO3/c1-10-5-3-6-11(12(10)16)13(17)15-9-14(2)7-4-8-18-14/h3,5-6,16H,4,7-9H2,1-2H3,(H,15,17). The average Bonchev–Trinajstić information content (AvgIpc) is 2.77. The number of para-hydroxylation sites is 1. The first-order valence-electron chi connectivity index (χ1n) is 6.23. The average molecular weight is 249 g/mol. The van der Waals surface area contributed by atoms with E-state index >= 15 is 0 Å². The van der Waals surface area contributed by atoms with Crippen LogP contribution in [0.5, 0.6) is 5.75 Å². The zero-order valence-corrected chi connectivity index (χ0v) is 10.8. The van der Waals surface area contributed by atoms with Gasteiger partial charge in [0.2, 0.25) is 0 Å². The lowest BCUT2D eigenvalue weighted by molar-refractivity contribution is 0.0205. The molecule has 98 valence electrons. The third-order valence-electron chi connectivity index (χ3n) is 3.41. The van der Waals surface area contributed by atoms with Gasteiger partial charge >= 0.3 is 0 Å². The molecular weight excluding hydrogens is 230 g/mol. The molecule has 1 amide bonds. The van der Waals surface area contributed by atoms with Crippen molar-refractivity contribution in [1.82, 2.24) is 5.32 Å². The second kappa shape index (κ2) is 4.98. The van der Waals surface area contributed by atoms with E-state index in [2.05, 4.69) is 5.32 Å². The minimum atomic E-state index is -0.269. The van der Waals surface area contributed by atoms with Crippen LogP contribution < -0.4 is 5.32 Å². The van der Waals surface area contributed by atoms with E-state index in [1.54, 1.807) is 25.1 Å².